The summed E-state index contributed by atoms with van der Waals surface area (Å²) in [5, 5.41) is 54.4. The zero-order valence-corrected chi connectivity index (χ0v) is 20.4. The van der Waals surface area contributed by atoms with Crippen molar-refractivity contribution >= 4 is 25.6 Å². The number of phosphoric acid groups is 1. The van der Waals surface area contributed by atoms with Crippen LogP contribution in [0.25, 0.3) is 0 Å². The maximum absolute atomic E-state index is 12.9. The zero-order chi connectivity index (χ0) is 27.4. The van der Waals surface area contributed by atoms with E-state index in [9.17, 15) is 49.4 Å². The Labute approximate surface area is 204 Å². The fraction of sp³-hybridized carbons (Fsp3) is 0.833. The number of ether oxygens (including phenoxy) is 3. The number of carbonyl (C=O) groups is 3. The molecule has 2 saturated heterocycles. The molecule has 11 atom stereocenters. The number of hydrogen-bond acceptors (Lipinski definition) is 14. The average Bonchev–Trinajstić information content (AvgIpc) is 2.76. The van der Waals surface area contributed by atoms with Crippen LogP contribution in [0.2, 0.25) is 0 Å². The molecule has 0 aromatic rings. The maximum atomic E-state index is 12.9. The van der Waals surface area contributed by atoms with Crippen LogP contribution in [0.1, 0.15) is 20.8 Å². The summed E-state index contributed by atoms with van der Waals surface area (Å²) in [5.74, 6) is -2.37. The van der Waals surface area contributed by atoms with Gasteiger partial charge in [0.25, 0.3) is 0 Å². The maximum Gasteiger partial charge on any atom is 0.475 e. The molecule has 208 valence electrons. The molecule has 17 nitrogen and oxygen atoms in total. The summed E-state index contributed by atoms with van der Waals surface area (Å²) in [6.07, 6.45) is -13.8. The van der Waals surface area contributed by atoms with E-state index in [2.05, 4.69) is 10.6 Å². The molecule has 2 amide bonds. The molecule has 2 fully saturated rings. The number of phosphoric ester groups is 1. The summed E-state index contributed by atoms with van der Waals surface area (Å²) in [5.41, 5.74) is 0. The SMILES string of the molecule is CC(=O)N[C@H]1C(O)O[C@H](CO)[C@H](O)[C@@H]1OP(=O)(O)OC1O[C@H](CO)[C@H](O)[C@H](OC(C)=O)[C@H]1NC(C)=O. The first-order valence-electron chi connectivity index (χ1n) is 10.7. The molecular weight excluding hydrogens is 515 g/mol. The van der Waals surface area contributed by atoms with Gasteiger partial charge in [-0.1, -0.05) is 0 Å². The highest BCUT2D eigenvalue weighted by Crippen LogP contribution is 2.49. The molecular formula is C18H31N2O15P. The lowest BCUT2D eigenvalue weighted by Crippen LogP contribution is -2.66. The van der Waals surface area contributed by atoms with Crippen molar-refractivity contribution in [3.8, 4) is 0 Å². The Kier molecular flexibility index (Phi) is 10.7. The minimum absolute atomic E-state index is 0.732. The Morgan fingerprint density at radius 1 is 0.833 bits per heavy atom. The summed E-state index contributed by atoms with van der Waals surface area (Å²) >= 11 is 0. The number of amides is 2. The minimum atomic E-state index is -5.35. The third-order valence-corrected chi connectivity index (χ3v) is 6.24. The molecule has 2 rings (SSSR count). The van der Waals surface area contributed by atoms with Crippen LogP contribution in [-0.2, 0) is 42.2 Å². The molecule has 2 heterocycles. The molecule has 0 saturated carbocycles. The van der Waals surface area contributed by atoms with E-state index < -0.39 is 100 Å². The first-order chi connectivity index (χ1) is 16.7. The lowest BCUT2D eigenvalue weighted by atomic mass is 9.96. The zero-order valence-electron chi connectivity index (χ0n) is 19.5. The minimum Gasteiger partial charge on any atom is -0.457 e. The number of nitrogens with one attached hydrogen (secondary N) is 2. The Balaban J connectivity index is 2.35. The second kappa shape index (κ2) is 12.7. The Hall–Kier alpha value is -1.76. The van der Waals surface area contributed by atoms with Gasteiger partial charge in [0.05, 0.1) is 13.2 Å². The van der Waals surface area contributed by atoms with Gasteiger partial charge < -0.3 is 55.3 Å². The fourth-order valence-electron chi connectivity index (χ4n) is 3.78. The molecule has 8 N–H and O–H groups in total. The summed E-state index contributed by atoms with van der Waals surface area (Å²) in [4.78, 5) is 45.3. The average molecular weight is 546 g/mol. The van der Waals surface area contributed by atoms with Gasteiger partial charge in [0, 0.05) is 20.8 Å². The van der Waals surface area contributed by atoms with E-state index in [0.29, 0.717) is 0 Å². The summed E-state index contributed by atoms with van der Waals surface area (Å²) in [6, 6.07) is -3.17. The van der Waals surface area contributed by atoms with Gasteiger partial charge in [-0.15, -0.1) is 0 Å². The molecule has 2 aliphatic rings. The molecule has 18 heteroatoms. The van der Waals surface area contributed by atoms with Crippen LogP contribution in [0, 0.1) is 0 Å². The number of aliphatic hydroxyl groups is 5. The Morgan fingerprint density at radius 2 is 1.33 bits per heavy atom. The van der Waals surface area contributed by atoms with Crippen molar-refractivity contribution in [3.63, 3.8) is 0 Å². The van der Waals surface area contributed by atoms with Gasteiger partial charge in [-0.2, -0.15) is 0 Å². The van der Waals surface area contributed by atoms with Crippen molar-refractivity contribution < 1.29 is 72.6 Å². The molecule has 0 radical (unpaired) electrons. The van der Waals surface area contributed by atoms with E-state index in [4.69, 9.17) is 23.3 Å². The van der Waals surface area contributed by atoms with Gasteiger partial charge in [-0.05, 0) is 0 Å². The van der Waals surface area contributed by atoms with E-state index in [1.807, 2.05) is 0 Å². The number of aliphatic hydroxyl groups excluding tert-OH is 5. The van der Waals surface area contributed by atoms with Gasteiger partial charge in [0.1, 0.15) is 42.6 Å². The largest absolute Gasteiger partial charge is 0.475 e. The molecule has 3 unspecified atom stereocenters. The van der Waals surface area contributed by atoms with Crippen LogP contribution in [0.5, 0.6) is 0 Å². The highest BCUT2D eigenvalue weighted by Gasteiger charge is 2.53. The van der Waals surface area contributed by atoms with Gasteiger partial charge in [-0.3, -0.25) is 23.4 Å². The van der Waals surface area contributed by atoms with E-state index in [0.717, 1.165) is 20.8 Å². The first-order valence-corrected chi connectivity index (χ1v) is 12.2. The van der Waals surface area contributed by atoms with Crippen LogP contribution >= 0.6 is 7.82 Å². The van der Waals surface area contributed by atoms with E-state index in [1.54, 1.807) is 0 Å². The molecule has 0 spiro atoms. The van der Waals surface area contributed by atoms with Crippen molar-refractivity contribution in [1.82, 2.24) is 10.6 Å². The van der Waals surface area contributed by atoms with Gasteiger partial charge in [0.15, 0.2) is 18.7 Å². The van der Waals surface area contributed by atoms with Crippen LogP contribution < -0.4 is 10.6 Å². The van der Waals surface area contributed by atoms with E-state index >= 15 is 0 Å². The summed E-state index contributed by atoms with van der Waals surface area (Å²) in [7, 11) is -5.35. The normalized spacial score (nSPS) is 38.5. The van der Waals surface area contributed by atoms with Crippen molar-refractivity contribution in [2.24, 2.45) is 0 Å². The smallest absolute Gasteiger partial charge is 0.457 e. The lowest BCUT2D eigenvalue weighted by Gasteiger charge is -2.45. The Morgan fingerprint density at radius 3 is 1.83 bits per heavy atom. The third kappa shape index (κ3) is 7.62. The highest BCUT2D eigenvalue weighted by molar-refractivity contribution is 7.47. The number of esters is 1. The predicted octanol–water partition coefficient (Wildman–Crippen LogP) is -4.42. The fourth-order valence-corrected chi connectivity index (χ4v) is 4.84. The van der Waals surface area contributed by atoms with Crippen LogP contribution in [0.3, 0.4) is 0 Å². The van der Waals surface area contributed by atoms with Gasteiger partial charge >= 0.3 is 13.8 Å². The first kappa shape index (κ1) is 30.5. The van der Waals surface area contributed by atoms with Crippen molar-refractivity contribution in [1.29, 1.82) is 0 Å². The summed E-state index contributed by atoms with van der Waals surface area (Å²) < 4.78 is 38.3. The quantitative estimate of drug-likeness (QED) is 0.100. The number of rotatable bonds is 9. The number of carbonyl (C=O) groups excluding carboxylic acids is 3. The molecule has 0 aromatic carbocycles. The molecule has 0 aliphatic carbocycles. The molecule has 0 bridgehead atoms. The topological polar surface area (TPSA) is 260 Å². The second-order valence-electron chi connectivity index (χ2n) is 8.13. The van der Waals surface area contributed by atoms with Gasteiger partial charge in [-0.25, -0.2) is 4.57 Å². The lowest BCUT2D eigenvalue weighted by molar-refractivity contribution is -0.263. The monoisotopic (exact) mass is 546 g/mol. The van der Waals surface area contributed by atoms with Crippen LogP contribution in [-0.4, -0.2) is 123 Å². The van der Waals surface area contributed by atoms with Crippen molar-refractivity contribution in [3.05, 3.63) is 0 Å². The van der Waals surface area contributed by atoms with Crippen molar-refractivity contribution in [2.45, 2.75) is 82.1 Å². The second-order valence-corrected chi connectivity index (χ2v) is 9.48. The Bertz CT molecular complexity index is 845. The summed E-state index contributed by atoms with van der Waals surface area (Å²) in [6.45, 7) is 1.41. The van der Waals surface area contributed by atoms with E-state index in [1.165, 1.54) is 0 Å². The highest BCUT2D eigenvalue weighted by atomic mass is 31.2. The van der Waals surface area contributed by atoms with Gasteiger partial charge in [0.2, 0.25) is 11.8 Å². The molecule has 0 aromatic heterocycles. The van der Waals surface area contributed by atoms with Crippen LogP contribution in [0.15, 0.2) is 0 Å². The number of hydrogen-bond donors (Lipinski definition) is 8. The molecule has 2 aliphatic heterocycles. The van der Waals surface area contributed by atoms with Crippen LogP contribution in [0.4, 0.5) is 0 Å². The van der Waals surface area contributed by atoms with E-state index in [-0.39, 0.29) is 0 Å². The standard InChI is InChI=1S/C18H31N2O15P/c1-6(23)19-11-16(14(27)9(4-21)32-17(11)28)34-36(29,30)35-18-12(20-7(2)24)15(31-8(3)25)13(26)10(5-22)33-18/h9-18,21-22,26-28H,4-5H2,1-3H3,(H,19,23)(H,20,24)(H,29,30)/t9-,10-,11-,12-,13+,14+,15-,16-,17?,18?/m1/s1. The third-order valence-electron chi connectivity index (χ3n) is 5.26. The molecule has 36 heavy (non-hydrogen) atoms. The van der Waals surface area contributed by atoms with Crippen molar-refractivity contribution in [2.75, 3.05) is 13.2 Å². The predicted molar refractivity (Wildman–Crippen MR) is 112 cm³/mol.